The highest BCUT2D eigenvalue weighted by Gasteiger charge is 2.28. The fourth-order valence-corrected chi connectivity index (χ4v) is 6.71. The van der Waals surface area contributed by atoms with Gasteiger partial charge in [0, 0.05) is 47.8 Å². The van der Waals surface area contributed by atoms with Gasteiger partial charge in [0.25, 0.3) is 0 Å². The minimum absolute atomic E-state index is 0.230. The first kappa shape index (κ1) is 30.4. The van der Waals surface area contributed by atoms with Gasteiger partial charge in [-0.3, -0.25) is 4.68 Å². The van der Waals surface area contributed by atoms with Gasteiger partial charge < -0.3 is 29.6 Å². The summed E-state index contributed by atoms with van der Waals surface area (Å²) in [6.07, 6.45) is 2.84. The molecule has 9 heteroatoms. The molecule has 4 aromatic carbocycles. The lowest BCUT2D eigenvalue weighted by Gasteiger charge is -2.13. The molecule has 0 bridgehead atoms. The van der Waals surface area contributed by atoms with Crippen LogP contribution in [0.4, 0.5) is 5.69 Å². The smallest absolute Gasteiger partial charge is 0.352 e. The normalized spacial score (nSPS) is 13.3. The van der Waals surface area contributed by atoms with E-state index in [0.29, 0.717) is 56.3 Å². The molecule has 0 amide bonds. The second-order valence-electron chi connectivity index (χ2n) is 11.9. The van der Waals surface area contributed by atoms with Crippen molar-refractivity contribution in [3.8, 4) is 22.6 Å². The van der Waals surface area contributed by atoms with Crippen molar-refractivity contribution in [2.45, 2.75) is 45.4 Å². The number of fused-ring (bicyclic) bond motifs is 3. The molecule has 9 nitrogen and oxygen atoms in total. The number of nitrogen functional groups attached to an aromatic ring is 1. The minimum atomic E-state index is -0.929. The molecule has 0 saturated heterocycles. The van der Waals surface area contributed by atoms with Crippen molar-refractivity contribution in [2.75, 3.05) is 18.9 Å². The van der Waals surface area contributed by atoms with Crippen molar-refractivity contribution in [3.05, 3.63) is 108 Å². The quantitative estimate of drug-likeness (QED) is 0.127. The van der Waals surface area contributed by atoms with E-state index in [0.717, 1.165) is 68.3 Å². The maximum Gasteiger partial charge on any atom is 0.352 e. The van der Waals surface area contributed by atoms with Crippen molar-refractivity contribution in [3.63, 3.8) is 0 Å². The number of benzene rings is 4. The van der Waals surface area contributed by atoms with Crippen LogP contribution in [0.2, 0.25) is 0 Å². The number of anilines is 1. The number of carbonyl (C=O) groups is 1. The third-order valence-corrected chi connectivity index (χ3v) is 8.89. The largest absolute Gasteiger partial charge is 0.493 e. The van der Waals surface area contributed by atoms with Gasteiger partial charge in [0.05, 0.1) is 24.4 Å². The Balaban J connectivity index is 1.27. The van der Waals surface area contributed by atoms with Crippen molar-refractivity contribution >= 4 is 33.3 Å². The zero-order valence-corrected chi connectivity index (χ0v) is 26.4. The Morgan fingerprint density at radius 3 is 2.60 bits per heavy atom. The Labute approximate surface area is 273 Å². The molecule has 6 aromatic rings. The van der Waals surface area contributed by atoms with Crippen molar-refractivity contribution in [1.82, 2.24) is 14.3 Å². The first-order valence-corrected chi connectivity index (χ1v) is 16.1. The number of aryl methyl sites for hydroxylation is 3. The lowest BCUT2D eigenvalue weighted by Crippen LogP contribution is -2.12. The number of hydrogen-bond donors (Lipinski definition) is 2. The second-order valence-corrected chi connectivity index (χ2v) is 11.9. The standard InChI is InChI=1S/C38H38N4O5/c1-41-33-24-45-21-5-4-20-42-36-29(12-7-13-31(36)35(33)32(40-41)23-47-27-18-16-26(39)17-19-27)30(37(42)38(43)44)14-8-22-46-34-15-6-10-25-9-2-3-11-28(25)34/h2-3,6-7,9-13,15-19H,4-5,8,14,20-24,39H2,1H3,(H,43,44). The van der Waals surface area contributed by atoms with Crippen LogP contribution < -0.4 is 15.2 Å². The molecule has 0 saturated carbocycles. The van der Waals surface area contributed by atoms with Crippen molar-refractivity contribution in [1.29, 1.82) is 0 Å². The van der Waals surface area contributed by atoms with E-state index in [4.69, 9.17) is 25.0 Å². The molecule has 47 heavy (non-hydrogen) atoms. The average molecular weight is 631 g/mol. The molecule has 0 unspecified atom stereocenters. The maximum atomic E-state index is 13.0. The molecule has 0 aliphatic carbocycles. The summed E-state index contributed by atoms with van der Waals surface area (Å²) < 4.78 is 22.4. The minimum Gasteiger partial charge on any atom is -0.493 e. The van der Waals surface area contributed by atoms with Crippen LogP contribution >= 0.6 is 0 Å². The Hall–Kier alpha value is -5.28. The maximum absolute atomic E-state index is 13.0. The average Bonchev–Trinajstić information content (AvgIpc) is 3.56. The van der Waals surface area contributed by atoms with Gasteiger partial charge in [0.1, 0.15) is 29.5 Å². The van der Waals surface area contributed by atoms with Gasteiger partial charge >= 0.3 is 5.97 Å². The van der Waals surface area contributed by atoms with E-state index in [2.05, 4.69) is 24.3 Å². The summed E-state index contributed by atoms with van der Waals surface area (Å²) in [7, 11) is 1.91. The SMILES string of the molecule is Cn1nc(COc2ccc(N)cc2)c2c1COCCCCn1c(C(=O)O)c(CCCOc3cccc4ccccc34)c3cccc-2c31. The van der Waals surface area contributed by atoms with Crippen LogP contribution in [0.15, 0.2) is 84.9 Å². The van der Waals surface area contributed by atoms with Gasteiger partial charge in [-0.05, 0) is 67.0 Å². The lowest BCUT2D eigenvalue weighted by atomic mass is 9.98. The van der Waals surface area contributed by atoms with Gasteiger partial charge in [-0.1, -0.05) is 54.6 Å². The van der Waals surface area contributed by atoms with Crippen molar-refractivity contribution in [2.24, 2.45) is 7.05 Å². The fourth-order valence-electron chi connectivity index (χ4n) is 6.71. The zero-order chi connectivity index (χ0) is 32.3. The monoisotopic (exact) mass is 630 g/mol. The number of hydrogen-bond acceptors (Lipinski definition) is 6. The summed E-state index contributed by atoms with van der Waals surface area (Å²) in [4.78, 5) is 13.0. The number of ether oxygens (including phenoxy) is 3. The van der Waals surface area contributed by atoms with E-state index < -0.39 is 5.97 Å². The number of carboxylic acids is 1. The van der Waals surface area contributed by atoms with Crippen LogP contribution in [-0.2, 0) is 38.0 Å². The summed E-state index contributed by atoms with van der Waals surface area (Å²) in [6, 6.07) is 27.6. The van der Waals surface area contributed by atoms with E-state index in [1.54, 1.807) is 12.1 Å². The molecular weight excluding hydrogens is 592 g/mol. The van der Waals surface area contributed by atoms with E-state index in [1.165, 1.54) is 0 Å². The number of carboxylic acid groups (broad SMARTS) is 1. The number of rotatable bonds is 9. The van der Waals surface area contributed by atoms with Crippen LogP contribution in [0, 0.1) is 0 Å². The van der Waals surface area contributed by atoms with Gasteiger partial charge in [-0.2, -0.15) is 5.10 Å². The Kier molecular flexibility index (Phi) is 8.54. The summed E-state index contributed by atoms with van der Waals surface area (Å²) in [6.45, 7) is 2.23. The Bertz CT molecular complexity index is 2060. The third-order valence-electron chi connectivity index (χ3n) is 8.89. The molecule has 0 fully saturated rings. The van der Waals surface area contributed by atoms with Crippen LogP contribution in [-0.4, -0.2) is 38.6 Å². The fraction of sp³-hybridized carbons (Fsp3) is 0.263. The molecule has 0 atom stereocenters. The van der Waals surface area contributed by atoms with Crippen LogP contribution in [0.25, 0.3) is 32.8 Å². The molecule has 3 heterocycles. The first-order valence-electron chi connectivity index (χ1n) is 16.1. The van der Waals surface area contributed by atoms with Gasteiger partial charge in [-0.15, -0.1) is 0 Å². The molecule has 1 aliphatic heterocycles. The van der Waals surface area contributed by atoms with E-state index in [1.807, 2.05) is 64.8 Å². The number of para-hydroxylation sites is 1. The van der Waals surface area contributed by atoms with Crippen molar-refractivity contribution < 1.29 is 24.1 Å². The molecule has 2 aromatic heterocycles. The Morgan fingerprint density at radius 2 is 1.74 bits per heavy atom. The summed E-state index contributed by atoms with van der Waals surface area (Å²) >= 11 is 0. The number of nitrogens with zero attached hydrogens (tertiary/aromatic N) is 3. The predicted molar refractivity (Wildman–Crippen MR) is 183 cm³/mol. The Morgan fingerprint density at radius 1 is 0.957 bits per heavy atom. The number of nitrogens with two attached hydrogens (primary N) is 1. The van der Waals surface area contributed by atoms with E-state index in [-0.39, 0.29) is 6.61 Å². The molecule has 3 N–H and O–H groups in total. The molecule has 0 radical (unpaired) electrons. The molecule has 240 valence electrons. The van der Waals surface area contributed by atoms with Crippen LogP contribution in [0.1, 0.15) is 46.7 Å². The lowest BCUT2D eigenvalue weighted by molar-refractivity contribution is 0.0683. The first-order chi connectivity index (χ1) is 23.0. The van der Waals surface area contributed by atoms with Crippen LogP contribution in [0.5, 0.6) is 11.5 Å². The summed E-state index contributed by atoms with van der Waals surface area (Å²) in [5.74, 6) is 0.594. The van der Waals surface area contributed by atoms with E-state index >= 15 is 0 Å². The van der Waals surface area contributed by atoms with Gasteiger partial charge in [0.15, 0.2) is 0 Å². The van der Waals surface area contributed by atoms with Gasteiger partial charge in [-0.25, -0.2) is 4.79 Å². The molecule has 0 spiro atoms. The summed E-state index contributed by atoms with van der Waals surface area (Å²) in [5, 5.41) is 18.7. The highest BCUT2D eigenvalue weighted by Crippen LogP contribution is 2.39. The third kappa shape index (κ3) is 6.02. The number of aromatic carboxylic acids is 1. The van der Waals surface area contributed by atoms with Gasteiger partial charge in [0.2, 0.25) is 0 Å². The highest BCUT2D eigenvalue weighted by molar-refractivity contribution is 6.04. The van der Waals surface area contributed by atoms with Crippen LogP contribution in [0.3, 0.4) is 0 Å². The molecular formula is C38H38N4O5. The highest BCUT2D eigenvalue weighted by atomic mass is 16.5. The summed E-state index contributed by atoms with van der Waals surface area (Å²) in [5.41, 5.74) is 12.1. The number of aromatic nitrogens is 3. The molecule has 7 rings (SSSR count). The zero-order valence-electron chi connectivity index (χ0n) is 26.4. The van der Waals surface area contributed by atoms with E-state index in [9.17, 15) is 9.90 Å². The second kappa shape index (κ2) is 13.2. The molecule has 1 aliphatic rings. The topological polar surface area (TPSA) is 114 Å². The predicted octanol–water partition coefficient (Wildman–Crippen LogP) is 7.38.